The summed E-state index contributed by atoms with van der Waals surface area (Å²) in [7, 11) is -0.423. The SMILES string of the molecule is CC1(C)OB(c2cccc3c(-c4ccc(-c5cccc6c(-c7cccc8ccccc78)cccc56)c5ccccc45)cccc23)OC1(C)C. The quantitative estimate of drug-likeness (QED) is 0.180. The average molecular weight is 633 g/mol. The Balaban J connectivity index is 1.21. The average Bonchev–Trinajstić information content (AvgIpc) is 3.35. The normalized spacial score (nSPS) is 15.5. The van der Waals surface area contributed by atoms with Crippen LogP contribution in [-0.2, 0) is 9.31 Å². The monoisotopic (exact) mass is 632 g/mol. The van der Waals surface area contributed by atoms with Gasteiger partial charge in [-0.2, -0.15) is 0 Å². The molecule has 0 aliphatic carbocycles. The summed E-state index contributed by atoms with van der Waals surface area (Å²) in [5.41, 5.74) is 7.67. The van der Waals surface area contributed by atoms with Crippen molar-refractivity contribution in [2.45, 2.75) is 38.9 Å². The molecular weight excluding hydrogens is 595 g/mol. The number of fused-ring (bicyclic) bond motifs is 4. The summed E-state index contributed by atoms with van der Waals surface area (Å²) in [6, 6.07) is 55.3. The van der Waals surface area contributed by atoms with Gasteiger partial charge >= 0.3 is 7.12 Å². The van der Waals surface area contributed by atoms with Gasteiger partial charge in [-0.25, -0.2) is 0 Å². The number of rotatable bonds is 4. The minimum atomic E-state index is -0.423. The topological polar surface area (TPSA) is 18.5 Å². The van der Waals surface area contributed by atoms with Crippen molar-refractivity contribution in [3.63, 3.8) is 0 Å². The molecule has 1 saturated heterocycles. The van der Waals surface area contributed by atoms with Crippen LogP contribution in [0.15, 0.2) is 152 Å². The summed E-state index contributed by atoms with van der Waals surface area (Å²) in [5.74, 6) is 0. The Morgan fingerprint density at radius 1 is 0.327 bits per heavy atom. The van der Waals surface area contributed by atoms with Crippen molar-refractivity contribution in [2.75, 3.05) is 0 Å². The van der Waals surface area contributed by atoms with Gasteiger partial charge in [0.15, 0.2) is 0 Å². The Hall–Kier alpha value is -5.22. The molecule has 236 valence electrons. The number of hydrogen-bond acceptors (Lipinski definition) is 2. The van der Waals surface area contributed by atoms with E-state index in [2.05, 4.69) is 179 Å². The second-order valence-electron chi connectivity index (χ2n) is 14.3. The maximum absolute atomic E-state index is 6.51. The molecule has 1 aliphatic heterocycles. The highest BCUT2D eigenvalue weighted by Gasteiger charge is 2.52. The van der Waals surface area contributed by atoms with Crippen LogP contribution in [0.2, 0.25) is 0 Å². The predicted octanol–water partition coefficient (Wildman–Crippen LogP) is 11.6. The highest BCUT2D eigenvalue weighted by molar-refractivity contribution is 6.65. The molecule has 1 aliphatic rings. The van der Waals surface area contributed by atoms with Gasteiger partial charge in [-0.3, -0.25) is 0 Å². The molecule has 0 aromatic heterocycles. The third-order valence-electron chi connectivity index (χ3n) is 11.0. The standard InChI is InChI=1S/C46H37BO2/c1-45(2)46(3,4)49-47(48-45)44-27-13-25-40-39(24-12-26-43(40)44)42-29-28-41(33-17-7-8-18-34(33)42)38-23-11-21-36-35(20-10-22-37(36)38)32-19-9-15-30-14-5-6-16-31(30)32/h5-29H,1-4H3. The van der Waals surface area contributed by atoms with Crippen molar-refractivity contribution < 1.29 is 9.31 Å². The molecule has 2 nitrogen and oxygen atoms in total. The van der Waals surface area contributed by atoms with Gasteiger partial charge in [0.1, 0.15) is 0 Å². The van der Waals surface area contributed by atoms with Gasteiger partial charge in [-0.1, -0.05) is 152 Å². The smallest absolute Gasteiger partial charge is 0.399 e. The second kappa shape index (κ2) is 11.2. The fourth-order valence-corrected chi connectivity index (χ4v) is 7.75. The first kappa shape index (κ1) is 29.9. The van der Waals surface area contributed by atoms with Crippen molar-refractivity contribution in [3.8, 4) is 33.4 Å². The van der Waals surface area contributed by atoms with Crippen molar-refractivity contribution in [3.05, 3.63) is 152 Å². The van der Waals surface area contributed by atoms with Crippen LogP contribution in [0.3, 0.4) is 0 Å². The van der Waals surface area contributed by atoms with Crippen molar-refractivity contribution in [1.82, 2.24) is 0 Å². The van der Waals surface area contributed by atoms with E-state index in [4.69, 9.17) is 9.31 Å². The molecule has 0 unspecified atom stereocenters. The fourth-order valence-electron chi connectivity index (χ4n) is 7.75. The summed E-state index contributed by atoms with van der Waals surface area (Å²) in [6.07, 6.45) is 0. The molecular formula is C46H37BO2. The summed E-state index contributed by atoms with van der Waals surface area (Å²) in [5, 5.41) is 9.86. The molecule has 8 aromatic carbocycles. The first-order chi connectivity index (χ1) is 23.8. The van der Waals surface area contributed by atoms with Gasteiger partial charge in [0.05, 0.1) is 11.2 Å². The minimum Gasteiger partial charge on any atom is -0.399 e. The van der Waals surface area contributed by atoms with Crippen LogP contribution in [0.1, 0.15) is 27.7 Å². The van der Waals surface area contributed by atoms with Gasteiger partial charge in [0, 0.05) is 0 Å². The van der Waals surface area contributed by atoms with Gasteiger partial charge in [0.2, 0.25) is 0 Å². The summed E-state index contributed by atoms with van der Waals surface area (Å²) in [4.78, 5) is 0. The highest BCUT2D eigenvalue weighted by Crippen LogP contribution is 2.43. The molecule has 9 rings (SSSR count). The van der Waals surface area contributed by atoms with E-state index < -0.39 is 18.3 Å². The molecule has 49 heavy (non-hydrogen) atoms. The van der Waals surface area contributed by atoms with Crippen molar-refractivity contribution in [2.24, 2.45) is 0 Å². The maximum Gasteiger partial charge on any atom is 0.495 e. The molecule has 0 amide bonds. The van der Waals surface area contributed by atoms with Crippen LogP contribution >= 0.6 is 0 Å². The first-order valence-corrected chi connectivity index (χ1v) is 17.2. The van der Waals surface area contributed by atoms with E-state index >= 15 is 0 Å². The molecule has 8 aromatic rings. The molecule has 1 fully saturated rings. The Morgan fingerprint density at radius 3 is 1.18 bits per heavy atom. The van der Waals surface area contributed by atoms with E-state index in [1.54, 1.807) is 0 Å². The first-order valence-electron chi connectivity index (χ1n) is 17.2. The Kier molecular flexibility index (Phi) is 6.81. The van der Waals surface area contributed by atoms with E-state index in [-0.39, 0.29) is 0 Å². The zero-order valence-electron chi connectivity index (χ0n) is 28.3. The summed E-state index contributed by atoms with van der Waals surface area (Å²) in [6.45, 7) is 8.44. The summed E-state index contributed by atoms with van der Waals surface area (Å²) < 4.78 is 13.0. The maximum atomic E-state index is 6.51. The second-order valence-corrected chi connectivity index (χ2v) is 14.3. The molecule has 0 radical (unpaired) electrons. The van der Waals surface area contributed by atoms with Crippen LogP contribution < -0.4 is 5.46 Å². The molecule has 0 spiro atoms. The molecule has 0 atom stereocenters. The van der Waals surface area contributed by atoms with Crippen LogP contribution in [0, 0.1) is 0 Å². The van der Waals surface area contributed by atoms with Gasteiger partial charge in [-0.05, 0) is 110 Å². The van der Waals surface area contributed by atoms with Gasteiger partial charge in [-0.15, -0.1) is 0 Å². The lowest BCUT2D eigenvalue weighted by atomic mass is 9.75. The van der Waals surface area contributed by atoms with E-state index in [9.17, 15) is 0 Å². The van der Waals surface area contributed by atoms with Crippen molar-refractivity contribution in [1.29, 1.82) is 0 Å². The predicted molar refractivity (Wildman–Crippen MR) is 208 cm³/mol. The fraction of sp³-hybridized carbons (Fsp3) is 0.130. The third kappa shape index (κ3) is 4.72. The Bertz CT molecular complexity index is 2560. The number of benzene rings is 8. The minimum absolute atomic E-state index is 0.402. The van der Waals surface area contributed by atoms with Gasteiger partial charge < -0.3 is 9.31 Å². The van der Waals surface area contributed by atoms with E-state index in [0.717, 1.165) is 10.8 Å². The Morgan fingerprint density at radius 2 is 0.653 bits per heavy atom. The van der Waals surface area contributed by atoms with Gasteiger partial charge in [0.25, 0.3) is 0 Å². The third-order valence-corrected chi connectivity index (χ3v) is 11.0. The molecule has 0 N–H and O–H groups in total. The highest BCUT2D eigenvalue weighted by atomic mass is 16.7. The Labute approximate surface area is 288 Å². The van der Waals surface area contributed by atoms with Crippen LogP contribution in [0.4, 0.5) is 0 Å². The molecule has 0 bridgehead atoms. The van der Waals surface area contributed by atoms with E-state index in [1.807, 2.05) is 0 Å². The lowest BCUT2D eigenvalue weighted by Crippen LogP contribution is -2.41. The van der Waals surface area contributed by atoms with E-state index in [1.165, 1.54) is 71.1 Å². The van der Waals surface area contributed by atoms with Crippen LogP contribution in [-0.4, -0.2) is 18.3 Å². The van der Waals surface area contributed by atoms with E-state index in [0.29, 0.717) is 0 Å². The number of hydrogen-bond donors (Lipinski definition) is 0. The lowest BCUT2D eigenvalue weighted by molar-refractivity contribution is 0.00578. The van der Waals surface area contributed by atoms with Crippen molar-refractivity contribution >= 4 is 55.7 Å². The summed E-state index contributed by atoms with van der Waals surface area (Å²) >= 11 is 0. The molecule has 0 saturated carbocycles. The zero-order valence-corrected chi connectivity index (χ0v) is 28.3. The lowest BCUT2D eigenvalue weighted by Gasteiger charge is -2.32. The van der Waals surface area contributed by atoms with Crippen LogP contribution in [0.25, 0.3) is 76.5 Å². The largest absolute Gasteiger partial charge is 0.495 e. The molecule has 3 heteroatoms. The van der Waals surface area contributed by atoms with Crippen LogP contribution in [0.5, 0.6) is 0 Å². The molecule has 1 heterocycles. The zero-order chi connectivity index (χ0) is 33.3.